The Labute approximate surface area is 191 Å². The molecule has 0 heterocycles. The fourth-order valence-electron chi connectivity index (χ4n) is 4.16. The van der Waals surface area contributed by atoms with Crippen LogP contribution in [0.3, 0.4) is 0 Å². The van der Waals surface area contributed by atoms with E-state index in [0.29, 0.717) is 37.6 Å². The molecule has 0 unspecified atom stereocenters. The summed E-state index contributed by atoms with van der Waals surface area (Å²) in [6, 6.07) is 15.3. The molecule has 0 amide bonds. The van der Waals surface area contributed by atoms with Crippen LogP contribution < -0.4 is 0 Å². The molecule has 0 bridgehead atoms. The highest BCUT2D eigenvalue weighted by atomic mass is 31.1. The van der Waals surface area contributed by atoms with Crippen LogP contribution in [-0.2, 0) is 39.1 Å². The zero-order valence-corrected chi connectivity index (χ0v) is 20.6. The van der Waals surface area contributed by atoms with Crippen molar-refractivity contribution in [3.05, 3.63) is 59.7 Å². The van der Waals surface area contributed by atoms with Gasteiger partial charge in [0, 0.05) is 37.6 Å². The molecule has 0 radical (unpaired) electrons. The zero-order valence-electron chi connectivity index (χ0n) is 18.8. The molecule has 0 aromatic heterocycles. The third kappa shape index (κ3) is 4.24. The Hall–Kier alpha value is -1.78. The number of benzene rings is 3. The molecule has 3 aromatic rings. The fourth-order valence-corrected chi connectivity index (χ4v) is 5.55. The van der Waals surface area contributed by atoms with E-state index in [1.165, 1.54) is 0 Å². The SMILES string of the molecule is CCOC(OCC)(P=O)c1c2ccccc2c(C(OCC)(OCC)P=O)c2ccccc12. The number of hydrogen-bond donors (Lipinski definition) is 0. The van der Waals surface area contributed by atoms with Crippen molar-refractivity contribution in [3.63, 3.8) is 0 Å². The summed E-state index contributed by atoms with van der Waals surface area (Å²) in [5, 5.41) is 3.05. The van der Waals surface area contributed by atoms with Gasteiger partial charge in [0.2, 0.25) is 16.9 Å². The summed E-state index contributed by atoms with van der Waals surface area (Å²) in [5.41, 5.74) is -1.68. The van der Waals surface area contributed by atoms with Crippen molar-refractivity contribution in [2.75, 3.05) is 26.4 Å². The predicted octanol–water partition coefficient (Wildman–Crippen LogP) is 6.94. The second-order valence-electron chi connectivity index (χ2n) is 6.92. The van der Waals surface area contributed by atoms with Crippen LogP contribution in [0.2, 0.25) is 0 Å². The second kappa shape index (κ2) is 10.9. The lowest BCUT2D eigenvalue weighted by Gasteiger charge is -2.33. The minimum absolute atomic E-state index is 0.306. The lowest BCUT2D eigenvalue weighted by atomic mass is 9.90. The van der Waals surface area contributed by atoms with Gasteiger partial charge in [0.15, 0.2) is 0 Å². The van der Waals surface area contributed by atoms with E-state index < -0.39 is 11.1 Å². The molecule has 8 heteroatoms. The van der Waals surface area contributed by atoms with Gasteiger partial charge in [-0.05, 0) is 49.2 Å². The first-order valence-corrected chi connectivity index (χ1v) is 12.4. The normalized spacial score (nSPS) is 12.9. The van der Waals surface area contributed by atoms with E-state index in [1.807, 2.05) is 76.2 Å². The standard InChI is InChI=1S/C24H28O6P2/c1-5-27-23(31-25,28-6-2)21-17-13-9-11-15-19(17)22(20-16-12-10-14-18(20)21)24(32-26,29-7-3)30-8-4/h9-16H,5-8H2,1-4H3. The lowest BCUT2D eigenvalue weighted by molar-refractivity contribution is -0.176. The number of hydrogen-bond acceptors (Lipinski definition) is 6. The Morgan fingerprint density at radius 2 is 0.812 bits per heavy atom. The van der Waals surface area contributed by atoms with Gasteiger partial charge in [-0.2, -0.15) is 0 Å². The van der Waals surface area contributed by atoms with Gasteiger partial charge in [-0.15, -0.1) is 0 Å². The molecule has 0 aliphatic carbocycles. The van der Waals surface area contributed by atoms with Gasteiger partial charge in [0.05, 0.1) is 0 Å². The van der Waals surface area contributed by atoms with Crippen molar-refractivity contribution >= 4 is 38.5 Å². The van der Waals surface area contributed by atoms with Gasteiger partial charge in [0.1, 0.15) is 0 Å². The van der Waals surface area contributed by atoms with E-state index in [1.54, 1.807) is 0 Å². The summed E-state index contributed by atoms with van der Waals surface area (Å²) in [7, 11) is -0.631. The van der Waals surface area contributed by atoms with Crippen molar-refractivity contribution < 1.29 is 28.1 Å². The first kappa shape index (κ1) is 24.9. The van der Waals surface area contributed by atoms with Crippen LogP contribution in [0.1, 0.15) is 38.8 Å². The Kier molecular flexibility index (Phi) is 8.46. The van der Waals surface area contributed by atoms with E-state index in [0.717, 1.165) is 21.5 Å². The largest absolute Gasteiger partial charge is 0.337 e. The highest BCUT2D eigenvalue weighted by Crippen LogP contribution is 2.51. The van der Waals surface area contributed by atoms with Gasteiger partial charge in [0.25, 0.3) is 11.1 Å². The number of ether oxygens (including phenoxy) is 4. The molecule has 0 atom stereocenters. The van der Waals surface area contributed by atoms with Gasteiger partial charge in [-0.25, -0.2) is 0 Å². The summed E-state index contributed by atoms with van der Waals surface area (Å²) in [5.74, 6) is 0. The first-order valence-electron chi connectivity index (χ1n) is 10.8. The summed E-state index contributed by atoms with van der Waals surface area (Å²) in [6.07, 6.45) is 0. The zero-order chi connectivity index (χ0) is 23.2. The molecule has 0 fully saturated rings. The maximum atomic E-state index is 12.6. The summed E-state index contributed by atoms with van der Waals surface area (Å²) >= 11 is 0. The van der Waals surface area contributed by atoms with E-state index in [-0.39, 0.29) is 16.9 Å². The lowest BCUT2D eigenvalue weighted by Crippen LogP contribution is -2.30. The molecule has 170 valence electrons. The van der Waals surface area contributed by atoms with Crippen molar-refractivity contribution in [1.82, 2.24) is 0 Å². The van der Waals surface area contributed by atoms with E-state index in [4.69, 9.17) is 18.9 Å². The van der Waals surface area contributed by atoms with E-state index in [2.05, 4.69) is 0 Å². The van der Waals surface area contributed by atoms with Gasteiger partial charge in [-0.1, -0.05) is 48.5 Å². The van der Waals surface area contributed by atoms with E-state index >= 15 is 0 Å². The quantitative estimate of drug-likeness (QED) is 0.161. The smallest absolute Gasteiger partial charge is 0.279 e. The van der Waals surface area contributed by atoms with E-state index in [9.17, 15) is 9.13 Å². The fraction of sp³-hybridized carbons (Fsp3) is 0.417. The van der Waals surface area contributed by atoms with Crippen LogP contribution in [0.15, 0.2) is 48.5 Å². The third-order valence-corrected chi connectivity index (χ3v) is 6.61. The van der Waals surface area contributed by atoms with Gasteiger partial charge < -0.3 is 18.9 Å². The first-order chi connectivity index (χ1) is 15.6. The Balaban J connectivity index is 2.58. The molecule has 0 aliphatic heterocycles. The molecule has 0 spiro atoms. The molecule has 6 nitrogen and oxygen atoms in total. The van der Waals surface area contributed by atoms with Gasteiger partial charge in [-0.3, -0.25) is 9.13 Å². The predicted molar refractivity (Wildman–Crippen MR) is 127 cm³/mol. The molecule has 0 aliphatic rings. The molecular weight excluding hydrogens is 446 g/mol. The minimum atomic E-state index is -1.49. The number of fused-ring (bicyclic) bond motifs is 2. The number of rotatable bonds is 12. The van der Waals surface area contributed by atoms with Crippen molar-refractivity contribution in [3.8, 4) is 0 Å². The Bertz CT molecular complexity index is 945. The third-order valence-electron chi connectivity index (χ3n) is 5.16. The summed E-state index contributed by atoms with van der Waals surface area (Å²) < 4.78 is 49.1. The topological polar surface area (TPSA) is 71.1 Å². The summed E-state index contributed by atoms with van der Waals surface area (Å²) in [6.45, 7) is 8.57. The van der Waals surface area contributed by atoms with Crippen molar-refractivity contribution in [2.24, 2.45) is 0 Å². The average molecular weight is 474 g/mol. The van der Waals surface area contributed by atoms with Crippen LogP contribution in [0, 0.1) is 0 Å². The second-order valence-corrected chi connectivity index (χ2v) is 8.46. The van der Waals surface area contributed by atoms with Crippen molar-refractivity contribution in [2.45, 2.75) is 38.8 Å². The van der Waals surface area contributed by atoms with Crippen LogP contribution in [0.5, 0.6) is 0 Å². The molecular formula is C24H28O6P2. The van der Waals surface area contributed by atoms with Crippen LogP contribution in [0.25, 0.3) is 21.5 Å². The highest BCUT2D eigenvalue weighted by Gasteiger charge is 2.43. The molecule has 0 saturated heterocycles. The Morgan fingerprint density at radius 1 is 0.562 bits per heavy atom. The summed E-state index contributed by atoms with van der Waals surface area (Å²) in [4.78, 5) is 0. The van der Waals surface area contributed by atoms with Crippen LogP contribution in [-0.4, -0.2) is 26.4 Å². The molecule has 32 heavy (non-hydrogen) atoms. The minimum Gasteiger partial charge on any atom is -0.337 e. The molecule has 3 rings (SSSR count). The Morgan fingerprint density at radius 3 is 1.00 bits per heavy atom. The van der Waals surface area contributed by atoms with Crippen molar-refractivity contribution in [1.29, 1.82) is 0 Å². The molecule has 0 saturated carbocycles. The maximum absolute atomic E-state index is 12.6. The maximum Gasteiger partial charge on any atom is 0.279 e. The average Bonchev–Trinajstić information content (AvgIpc) is 2.82. The molecule has 0 N–H and O–H groups in total. The van der Waals surface area contributed by atoms with Crippen LogP contribution >= 0.6 is 16.9 Å². The van der Waals surface area contributed by atoms with Gasteiger partial charge >= 0.3 is 0 Å². The highest BCUT2D eigenvalue weighted by molar-refractivity contribution is 7.25. The van der Waals surface area contributed by atoms with Crippen LogP contribution in [0.4, 0.5) is 0 Å². The molecule has 3 aromatic carbocycles. The monoisotopic (exact) mass is 474 g/mol.